The van der Waals surface area contributed by atoms with E-state index in [4.69, 9.17) is 10.8 Å². The van der Waals surface area contributed by atoms with Gasteiger partial charge < -0.3 is 15.7 Å². The maximum absolute atomic E-state index is 9.03. The zero-order valence-electron chi connectivity index (χ0n) is 8.24. The average molecular weight is 260 g/mol. The highest BCUT2D eigenvalue weighted by atomic mass is 79.9. The van der Waals surface area contributed by atoms with E-state index in [0.29, 0.717) is 5.69 Å². The molecule has 1 atom stereocenters. The highest BCUT2D eigenvalue weighted by Gasteiger charge is 2.14. The second-order valence-electron chi connectivity index (χ2n) is 3.20. The number of nitrogens with zero attached hydrogens (tertiary/aromatic N) is 2. The molecular weight excluding hydrogens is 246 g/mol. The van der Waals surface area contributed by atoms with Gasteiger partial charge in [0.25, 0.3) is 0 Å². The van der Waals surface area contributed by atoms with Crippen molar-refractivity contribution in [3.05, 3.63) is 16.9 Å². The summed E-state index contributed by atoms with van der Waals surface area (Å²) in [5.74, 6) is 0. The maximum Gasteiger partial charge on any atom is 0.0776 e. The Labute approximate surface area is 91.9 Å². The Bertz CT molecular complexity index is 299. The van der Waals surface area contributed by atoms with E-state index in [1.165, 1.54) is 0 Å². The Morgan fingerprint density at radius 3 is 2.79 bits per heavy atom. The lowest BCUT2D eigenvalue weighted by Gasteiger charge is -2.27. The zero-order chi connectivity index (χ0) is 10.7. The summed E-state index contributed by atoms with van der Waals surface area (Å²) in [5, 5.41) is 9.03. The fourth-order valence-corrected chi connectivity index (χ4v) is 1.78. The lowest BCUT2D eigenvalue weighted by molar-refractivity contribution is 0.270. The molecule has 1 unspecified atom stereocenters. The van der Waals surface area contributed by atoms with Gasteiger partial charge in [-0.05, 0) is 22.9 Å². The highest BCUT2D eigenvalue weighted by Crippen LogP contribution is 2.31. The minimum absolute atomic E-state index is 0.0241. The van der Waals surface area contributed by atoms with Crippen molar-refractivity contribution in [1.29, 1.82) is 0 Å². The second kappa shape index (κ2) is 4.61. The molecule has 0 aromatic carbocycles. The molecular formula is C9H14BrN3O. The molecule has 78 valence electrons. The molecule has 0 aliphatic rings. The van der Waals surface area contributed by atoms with Crippen LogP contribution < -0.4 is 10.6 Å². The molecule has 0 saturated heterocycles. The average Bonchev–Trinajstić information content (AvgIpc) is 2.16. The van der Waals surface area contributed by atoms with Crippen molar-refractivity contribution in [2.24, 2.45) is 0 Å². The molecule has 3 N–H and O–H groups in total. The first-order valence-electron chi connectivity index (χ1n) is 4.30. The van der Waals surface area contributed by atoms with E-state index in [0.717, 1.165) is 10.2 Å². The van der Waals surface area contributed by atoms with Gasteiger partial charge in [0.15, 0.2) is 0 Å². The molecule has 14 heavy (non-hydrogen) atoms. The first-order chi connectivity index (χ1) is 6.57. The smallest absolute Gasteiger partial charge is 0.0776 e. The van der Waals surface area contributed by atoms with E-state index in [2.05, 4.69) is 20.9 Å². The second-order valence-corrected chi connectivity index (χ2v) is 4.06. The van der Waals surface area contributed by atoms with Crippen LogP contribution in [0.5, 0.6) is 0 Å². The van der Waals surface area contributed by atoms with Gasteiger partial charge in [-0.2, -0.15) is 0 Å². The normalized spacial score (nSPS) is 12.6. The molecule has 4 nitrogen and oxygen atoms in total. The van der Waals surface area contributed by atoms with Crippen LogP contribution in [0.1, 0.15) is 6.92 Å². The van der Waals surface area contributed by atoms with E-state index in [1.807, 2.05) is 18.9 Å². The Morgan fingerprint density at radius 2 is 2.29 bits per heavy atom. The van der Waals surface area contributed by atoms with Crippen molar-refractivity contribution < 1.29 is 5.11 Å². The number of hydrogen-bond acceptors (Lipinski definition) is 4. The van der Waals surface area contributed by atoms with Gasteiger partial charge in [-0.25, -0.2) is 0 Å². The number of aromatic nitrogens is 1. The minimum Gasteiger partial charge on any atom is -0.396 e. The predicted octanol–water partition coefficient (Wildman–Crippen LogP) is 1.24. The summed E-state index contributed by atoms with van der Waals surface area (Å²) in [6, 6.07) is 0.0241. The molecule has 0 spiro atoms. The Hall–Kier alpha value is -0.810. The molecule has 0 aliphatic carbocycles. The van der Waals surface area contributed by atoms with E-state index < -0.39 is 0 Å². The minimum atomic E-state index is 0.0241. The van der Waals surface area contributed by atoms with Crippen molar-refractivity contribution in [2.75, 3.05) is 24.3 Å². The van der Waals surface area contributed by atoms with Gasteiger partial charge >= 0.3 is 0 Å². The zero-order valence-corrected chi connectivity index (χ0v) is 9.82. The largest absolute Gasteiger partial charge is 0.396 e. The van der Waals surface area contributed by atoms with Crippen LogP contribution in [0.2, 0.25) is 0 Å². The van der Waals surface area contributed by atoms with Gasteiger partial charge in [-0.15, -0.1) is 0 Å². The van der Waals surface area contributed by atoms with Crippen LogP contribution in [0, 0.1) is 0 Å². The van der Waals surface area contributed by atoms with Gasteiger partial charge in [-0.1, -0.05) is 0 Å². The molecule has 1 rings (SSSR count). The lowest BCUT2D eigenvalue weighted by atomic mass is 10.2. The fraction of sp³-hybridized carbons (Fsp3) is 0.444. The van der Waals surface area contributed by atoms with Crippen LogP contribution >= 0.6 is 15.9 Å². The monoisotopic (exact) mass is 259 g/mol. The van der Waals surface area contributed by atoms with Crippen LogP contribution in [-0.2, 0) is 0 Å². The van der Waals surface area contributed by atoms with Crippen LogP contribution in [-0.4, -0.2) is 29.8 Å². The van der Waals surface area contributed by atoms with E-state index in [-0.39, 0.29) is 12.6 Å². The third kappa shape index (κ3) is 2.16. The summed E-state index contributed by atoms with van der Waals surface area (Å²) in [7, 11) is 1.89. The molecule has 0 fully saturated rings. The van der Waals surface area contributed by atoms with E-state index in [1.54, 1.807) is 12.4 Å². The van der Waals surface area contributed by atoms with Gasteiger partial charge in [0.05, 0.1) is 28.7 Å². The molecule has 0 radical (unpaired) electrons. The number of nitrogens with two attached hydrogens (primary N) is 1. The van der Waals surface area contributed by atoms with Crippen molar-refractivity contribution in [2.45, 2.75) is 13.0 Å². The van der Waals surface area contributed by atoms with Crippen molar-refractivity contribution in [3.63, 3.8) is 0 Å². The number of anilines is 2. The van der Waals surface area contributed by atoms with Crippen LogP contribution in [0.3, 0.4) is 0 Å². The number of rotatable bonds is 3. The van der Waals surface area contributed by atoms with Crippen molar-refractivity contribution in [1.82, 2.24) is 4.98 Å². The van der Waals surface area contributed by atoms with Crippen LogP contribution in [0.25, 0.3) is 0 Å². The van der Waals surface area contributed by atoms with Crippen LogP contribution in [0.15, 0.2) is 16.9 Å². The first-order valence-corrected chi connectivity index (χ1v) is 5.10. The van der Waals surface area contributed by atoms with Crippen molar-refractivity contribution in [3.8, 4) is 0 Å². The maximum atomic E-state index is 9.03. The van der Waals surface area contributed by atoms with E-state index in [9.17, 15) is 0 Å². The summed E-state index contributed by atoms with van der Waals surface area (Å²) in [6.45, 7) is 2.01. The lowest BCUT2D eigenvalue weighted by Crippen LogP contribution is -2.32. The van der Waals surface area contributed by atoms with Gasteiger partial charge in [-0.3, -0.25) is 4.98 Å². The number of aliphatic hydroxyl groups is 1. The number of likely N-dealkylation sites (N-methyl/N-ethyl adjacent to an activating group) is 1. The van der Waals surface area contributed by atoms with Gasteiger partial charge in [0.2, 0.25) is 0 Å². The number of aliphatic hydroxyl groups excluding tert-OH is 1. The summed E-state index contributed by atoms with van der Waals surface area (Å²) >= 11 is 3.38. The third-order valence-electron chi connectivity index (χ3n) is 2.18. The summed E-state index contributed by atoms with van der Waals surface area (Å²) in [6.07, 6.45) is 3.28. The highest BCUT2D eigenvalue weighted by molar-refractivity contribution is 9.10. The molecule has 1 heterocycles. The molecule has 0 saturated carbocycles. The molecule has 5 heteroatoms. The van der Waals surface area contributed by atoms with Gasteiger partial charge in [0.1, 0.15) is 0 Å². The Balaban J connectivity index is 3.05. The standard InChI is InChI=1S/C9H14BrN3O/c1-6(5-14)13(2)9-7(10)3-12-4-8(9)11/h3-4,6,14H,5,11H2,1-2H3. The Kier molecular flexibility index (Phi) is 3.71. The fourth-order valence-electron chi connectivity index (χ4n) is 1.16. The molecule has 1 aromatic heterocycles. The topological polar surface area (TPSA) is 62.4 Å². The Morgan fingerprint density at radius 1 is 1.64 bits per heavy atom. The summed E-state index contributed by atoms with van der Waals surface area (Å²) in [5.41, 5.74) is 7.26. The molecule has 0 aliphatic heterocycles. The summed E-state index contributed by atoms with van der Waals surface area (Å²) < 4.78 is 0.834. The molecule has 1 aromatic rings. The SMILES string of the molecule is CC(CO)N(C)c1c(N)cncc1Br. The first kappa shape index (κ1) is 11.3. The number of pyridine rings is 1. The number of nitrogen functional groups attached to an aromatic ring is 1. The number of hydrogen-bond donors (Lipinski definition) is 2. The third-order valence-corrected chi connectivity index (χ3v) is 2.76. The van der Waals surface area contributed by atoms with Crippen LogP contribution in [0.4, 0.5) is 11.4 Å². The number of halogens is 1. The quantitative estimate of drug-likeness (QED) is 0.858. The van der Waals surface area contributed by atoms with Gasteiger partial charge in [0, 0.05) is 19.3 Å². The molecule has 0 bridgehead atoms. The predicted molar refractivity (Wildman–Crippen MR) is 61.3 cm³/mol. The van der Waals surface area contributed by atoms with E-state index >= 15 is 0 Å². The van der Waals surface area contributed by atoms with Crippen molar-refractivity contribution >= 4 is 27.3 Å². The molecule has 0 amide bonds. The summed E-state index contributed by atoms with van der Waals surface area (Å²) in [4.78, 5) is 5.87.